The first-order valence-corrected chi connectivity index (χ1v) is 9.48. The number of aromatic nitrogens is 1. The summed E-state index contributed by atoms with van der Waals surface area (Å²) >= 11 is 0. The normalized spacial score (nSPS) is 27.5. The van der Waals surface area contributed by atoms with E-state index in [0.717, 1.165) is 23.7 Å². The molecule has 1 amide bonds. The number of nitrogens with zero attached hydrogens (tertiary/aromatic N) is 2. The first-order chi connectivity index (χ1) is 11.3. The molecule has 1 aromatic rings. The zero-order valence-corrected chi connectivity index (χ0v) is 16.0. The molecule has 2 aliphatic carbocycles. The van der Waals surface area contributed by atoms with Gasteiger partial charge in [0.1, 0.15) is 0 Å². The van der Waals surface area contributed by atoms with Crippen LogP contribution < -0.4 is 5.32 Å². The molecule has 1 heterocycles. The average Bonchev–Trinajstić information content (AvgIpc) is 3.30. The quantitative estimate of drug-likeness (QED) is 0.893. The van der Waals surface area contributed by atoms with Crippen molar-refractivity contribution in [2.45, 2.75) is 70.9 Å². The molecule has 0 unspecified atom stereocenters. The van der Waals surface area contributed by atoms with E-state index < -0.39 is 0 Å². The van der Waals surface area contributed by atoms with Gasteiger partial charge in [-0.1, -0.05) is 19.8 Å². The highest BCUT2D eigenvalue weighted by molar-refractivity contribution is 5.95. The fourth-order valence-electron chi connectivity index (χ4n) is 4.60. The van der Waals surface area contributed by atoms with E-state index in [1.165, 1.54) is 44.2 Å². The standard InChI is InChI=1S/C20H33N3O/c1-14-7-6-10-20(12-14,22(4)5)13-21-19(24)18-11-15(2)23(16(18)3)17-8-9-17/h11,14,17H,6-10,12-13H2,1-5H3,(H,21,24)/t14-,20+/m1/s1. The van der Waals surface area contributed by atoms with Gasteiger partial charge in [0.15, 0.2) is 0 Å². The Morgan fingerprint density at radius 2 is 2.04 bits per heavy atom. The lowest BCUT2D eigenvalue weighted by molar-refractivity contribution is 0.0675. The van der Waals surface area contributed by atoms with Crippen LogP contribution in [-0.2, 0) is 0 Å². The molecule has 0 spiro atoms. The second-order valence-electron chi connectivity index (χ2n) is 8.39. The van der Waals surface area contributed by atoms with Crippen molar-refractivity contribution < 1.29 is 4.79 Å². The van der Waals surface area contributed by atoms with Crippen LogP contribution in [0.1, 0.15) is 73.2 Å². The molecule has 0 aliphatic heterocycles. The van der Waals surface area contributed by atoms with Gasteiger partial charge in [0, 0.05) is 29.5 Å². The molecule has 2 atom stereocenters. The summed E-state index contributed by atoms with van der Waals surface area (Å²) in [5, 5.41) is 3.26. The van der Waals surface area contributed by atoms with Gasteiger partial charge in [-0.25, -0.2) is 0 Å². The molecule has 2 saturated carbocycles. The van der Waals surface area contributed by atoms with Gasteiger partial charge in [-0.15, -0.1) is 0 Å². The van der Waals surface area contributed by atoms with Crippen LogP contribution in [-0.4, -0.2) is 41.6 Å². The summed E-state index contributed by atoms with van der Waals surface area (Å²) in [6.07, 6.45) is 7.41. The second-order valence-corrected chi connectivity index (χ2v) is 8.39. The van der Waals surface area contributed by atoms with Crippen molar-refractivity contribution in [3.63, 3.8) is 0 Å². The van der Waals surface area contributed by atoms with E-state index in [1.54, 1.807) is 0 Å². The van der Waals surface area contributed by atoms with Gasteiger partial charge < -0.3 is 14.8 Å². The number of carbonyl (C=O) groups is 1. The smallest absolute Gasteiger partial charge is 0.253 e. The summed E-state index contributed by atoms with van der Waals surface area (Å²) in [5.74, 6) is 0.826. The van der Waals surface area contributed by atoms with Crippen LogP contribution in [0.15, 0.2) is 6.07 Å². The van der Waals surface area contributed by atoms with Crippen molar-refractivity contribution in [2.24, 2.45) is 5.92 Å². The predicted molar refractivity (Wildman–Crippen MR) is 98.6 cm³/mol. The van der Waals surface area contributed by atoms with Crippen LogP contribution in [0.4, 0.5) is 0 Å². The molecule has 0 saturated heterocycles. The lowest BCUT2D eigenvalue weighted by atomic mass is 9.75. The Morgan fingerprint density at radius 1 is 1.33 bits per heavy atom. The number of amides is 1. The lowest BCUT2D eigenvalue weighted by Crippen LogP contribution is -2.55. The van der Waals surface area contributed by atoms with Gasteiger partial charge in [0.05, 0.1) is 5.56 Å². The van der Waals surface area contributed by atoms with Gasteiger partial charge in [0.25, 0.3) is 5.91 Å². The van der Waals surface area contributed by atoms with E-state index in [1.807, 2.05) is 0 Å². The molecule has 24 heavy (non-hydrogen) atoms. The van der Waals surface area contributed by atoms with Crippen molar-refractivity contribution in [3.05, 3.63) is 23.0 Å². The highest BCUT2D eigenvalue weighted by Gasteiger charge is 2.37. The number of hydrogen-bond acceptors (Lipinski definition) is 2. The van der Waals surface area contributed by atoms with Gasteiger partial charge >= 0.3 is 0 Å². The third-order valence-electron chi connectivity index (χ3n) is 6.24. The summed E-state index contributed by atoms with van der Waals surface area (Å²) in [6, 6.07) is 2.69. The molecule has 2 fully saturated rings. The molecule has 2 aliphatic rings. The fraction of sp³-hybridized carbons (Fsp3) is 0.750. The average molecular weight is 332 g/mol. The van der Waals surface area contributed by atoms with Crippen LogP contribution in [0.2, 0.25) is 0 Å². The van der Waals surface area contributed by atoms with Crippen molar-refractivity contribution in [2.75, 3.05) is 20.6 Å². The first kappa shape index (κ1) is 17.5. The summed E-state index contributed by atoms with van der Waals surface area (Å²) < 4.78 is 2.35. The lowest BCUT2D eigenvalue weighted by Gasteiger charge is -2.45. The molecule has 4 heteroatoms. The molecule has 1 N–H and O–H groups in total. The summed E-state index contributed by atoms with van der Waals surface area (Å²) in [5.41, 5.74) is 3.31. The molecule has 1 aromatic heterocycles. The minimum absolute atomic E-state index is 0.0921. The van der Waals surface area contributed by atoms with E-state index in [2.05, 4.69) is 55.7 Å². The van der Waals surface area contributed by atoms with E-state index >= 15 is 0 Å². The van der Waals surface area contributed by atoms with Crippen molar-refractivity contribution in [1.82, 2.24) is 14.8 Å². The third kappa shape index (κ3) is 3.26. The maximum absolute atomic E-state index is 12.8. The summed E-state index contributed by atoms with van der Waals surface area (Å²) in [7, 11) is 4.31. The highest BCUT2D eigenvalue weighted by Crippen LogP contribution is 2.38. The third-order valence-corrected chi connectivity index (χ3v) is 6.24. The first-order valence-electron chi connectivity index (χ1n) is 9.48. The van der Waals surface area contributed by atoms with E-state index in [-0.39, 0.29) is 11.4 Å². The molecule has 4 nitrogen and oxygen atoms in total. The van der Waals surface area contributed by atoms with Crippen LogP contribution in [0.25, 0.3) is 0 Å². The largest absolute Gasteiger partial charge is 0.350 e. The number of rotatable bonds is 5. The molecule has 0 bridgehead atoms. The molecular formula is C20H33N3O. The van der Waals surface area contributed by atoms with E-state index in [4.69, 9.17) is 0 Å². The van der Waals surface area contributed by atoms with Gasteiger partial charge in [-0.2, -0.15) is 0 Å². The monoisotopic (exact) mass is 331 g/mol. The van der Waals surface area contributed by atoms with Crippen LogP contribution in [0, 0.1) is 19.8 Å². The van der Waals surface area contributed by atoms with Crippen LogP contribution in [0.3, 0.4) is 0 Å². The maximum atomic E-state index is 12.8. The van der Waals surface area contributed by atoms with Crippen molar-refractivity contribution in [3.8, 4) is 0 Å². The number of hydrogen-bond donors (Lipinski definition) is 1. The number of nitrogens with one attached hydrogen (secondary N) is 1. The Bertz CT molecular complexity index is 615. The van der Waals surface area contributed by atoms with Crippen LogP contribution in [0.5, 0.6) is 0 Å². The zero-order chi connectivity index (χ0) is 17.5. The Kier molecular flexibility index (Phi) is 4.78. The fourth-order valence-corrected chi connectivity index (χ4v) is 4.60. The van der Waals surface area contributed by atoms with Crippen LogP contribution >= 0.6 is 0 Å². The molecular weight excluding hydrogens is 298 g/mol. The molecule has 0 radical (unpaired) electrons. The van der Waals surface area contributed by atoms with Gasteiger partial charge in [-0.3, -0.25) is 4.79 Å². The number of aryl methyl sites for hydroxylation is 1. The van der Waals surface area contributed by atoms with Gasteiger partial charge in [-0.05, 0) is 65.6 Å². The summed E-state index contributed by atoms with van der Waals surface area (Å²) in [4.78, 5) is 15.1. The summed E-state index contributed by atoms with van der Waals surface area (Å²) in [6.45, 7) is 7.29. The Labute approximate surface area is 146 Å². The topological polar surface area (TPSA) is 37.3 Å². The Balaban J connectivity index is 1.71. The zero-order valence-electron chi connectivity index (χ0n) is 16.0. The number of likely N-dealkylation sites (N-methyl/N-ethyl adjacent to an activating group) is 1. The second kappa shape index (κ2) is 6.55. The minimum Gasteiger partial charge on any atom is -0.350 e. The maximum Gasteiger partial charge on any atom is 0.253 e. The Morgan fingerprint density at radius 3 is 2.62 bits per heavy atom. The minimum atomic E-state index is 0.0921. The molecule has 0 aromatic carbocycles. The molecule has 134 valence electrons. The SMILES string of the molecule is Cc1cc(C(=O)NC[C@]2(N(C)C)CCC[C@@H](C)C2)c(C)n1C1CC1. The Hall–Kier alpha value is -1.29. The highest BCUT2D eigenvalue weighted by atomic mass is 16.1. The molecule has 3 rings (SSSR count). The van der Waals surface area contributed by atoms with E-state index in [9.17, 15) is 4.79 Å². The predicted octanol–water partition coefficient (Wildman–Crippen LogP) is 3.68. The van der Waals surface area contributed by atoms with E-state index in [0.29, 0.717) is 6.04 Å². The van der Waals surface area contributed by atoms with Crippen molar-refractivity contribution in [1.29, 1.82) is 0 Å². The van der Waals surface area contributed by atoms with Gasteiger partial charge in [0.2, 0.25) is 0 Å². The van der Waals surface area contributed by atoms with Crippen molar-refractivity contribution >= 4 is 5.91 Å². The number of carbonyl (C=O) groups excluding carboxylic acids is 1.